The number of hydrogen-bond acceptors (Lipinski definition) is 6. The summed E-state index contributed by atoms with van der Waals surface area (Å²) in [6, 6.07) is 15.6. The minimum Gasteiger partial charge on any atom is -0.482 e. The molecule has 0 saturated heterocycles. The number of ether oxygens (including phenoxy) is 2. The molecular formula is C22H21NO6. The third-order valence-corrected chi connectivity index (χ3v) is 4.32. The summed E-state index contributed by atoms with van der Waals surface area (Å²) in [4.78, 5) is 35.3. The Morgan fingerprint density at radius 3 is 2.59 bits per heavy atom. The Morgan fingerprint density at radius 2 is 1.83 bits per heavy atom. The minimum atomic E-state index is -0.682. The van der Waals surface area contributed by atoms with Crippen LogP contribution in [0.1, 0.15) is 24.1 Å². The number of benzene rings is 2. The topological polar surface area (TPSA) is 94.8 Å². The molecular weight excluding hydrogens is 374 g/mol. The van der Waals surface area contributed by atoms with Crippen molar-refractivity contribution in [1.82, 2.24) is 5.32 Å². The van der Waals surface area contributed by atoms with Crippen molar-refractivity contribution in [2.75, 3.05) is 13.2 Å². The minimum absolute atomic E-state index is 0.200. The van der Waals surface area contributed by atoms with E-state index in [0.717, 1.165) is 16.5 Å². The average molecular weight is 395 g/mol. The summed E-state index contributed by atoms with van der Waals surface area (Å²) in [5.74, 6) is -0.735. The molecule has 1 N–H and O–H groups in total. The van der Waals surface area contributed by atoms with Crippen molar-refractivity contribution in [2.45, 2.75) is 19.9 Å². The highest BCUT2D eigenvalue weighted by molar-refractivity contribution is 5.82. The summed E-state index contributed by atoms with van der Waals surface area (Å²) in [5.41, 5.74) is 1.66. The van der Waals surface area contributed by atoms with Crippen molar-refractivity contribution in [3.63, 3.8) is 0 Å². The Balaban J connectivity index is 1.48. The molecule has 29 heavy (non-hydrogen) atoms. The van der Waals surface area contributed by atoms with Gasteiger partial charge in [-0.05, 0) is 37.1 Å². The van der Waals surface area contributed by atoms with Crippen LogP contribution >= 0.6 is 0 Å². The van der Waals surface area contributed by atoms with Crippen LogP contribution in [0.4, 0.5) is 0 Å². The number of amides is 1. The van der Waals surface area contributed by atoms with Gasteiger partial charge in [-0.15, -0.1) is 0 Å². The first-order valence-electron chi connectivity index (χ1n) is 9.09. The smallest absolute Gasteiger partial charge is 0.344 e. The van der Waals surface area contributed by atoms with Gasteiger partial charge in [0.15, 0.2) is 13.2 Å². The summed E-state index contributed by atoms with van der Waals surface area (Å²) in [6.45, 7) is 2.88. The monoisotopic (exact) mass is 395 g/mol. The molecule has 3 aromatic rings. The van der Waals surface area contributed by atoms with Crippen LogP contribution in [-0.4, -0.2) is 25.1 Å². The van der Waals surface area contributed by atoms with E-state index >= 15 is 0 Å². The molecule has 0 bridgehead atoms. The molecule has 3 rings (SSSR count). The van der Waals surface area contributed by atoms with Crippen molar-refractivity contribution in [2.24, 2.45) is 0 Å². The SMILES string of the molecule is Cc1cc(=O)oc2cc(OCC(=O)OCC(=O)N[C@@H](C)c3ccccc3)ccc12. The number of carbonyl (C=O) groups excluding carboxylic acids is 2. The first kappa shape index (κ1) is 20.1. The molecule has 1 aromatic heterocycles. The van der Waals surface area contributed by atoms with Crippen LogP contribution in [0.15, 0.2) is 63.8 Å². The molecule has 7 nitrogen and oxygen atoms in total. The molecule has 7 heteroatoms. The summed E-state index contributed by atoms with van der Waals surface area (Å²) < 4.78 is 15.4. The number of esters is 1. The summed E-state index contributed by atoms with van der Waals surface area (Å²) in [6.07, 6.45) is 0. The number of aryl methyl sites for hydroxylation is 1. The molecule has 0 aliphatic rings. The van der Waals surface area contributed by atoms with Crippen molar-refractivity contribution < 1.29 is 23.5 Å². The van der Waals surface area contributed by atoms with Crippen molar-refractivity contribution in [3.8, 4) is 5.75 Å². The highest BCUT2D eigenvalue weighted by Crippen LogP contribution is 2.22. The van der Waals surface area contributed by atoms with Crippen LogP contribution < -0.4 is 15.7 Å². The third-order valence-electron chi connectivity index (χ3n) is 4.32. The molecule has 0 spiro atoms. The first-order valence-corrected chi connectivity index (χ1v) is 9.09. The van der Waals surface area contributed by atoms with Crippen LogP contribution in [0.3, 0.4) is 0 Å². The molecule has 1 amide bonds. The lowest BCUT2D eigenvalue weighted by atomic mass is 10.1. The molecule has 0 aliphatic carbocycles. The molecule has 1 atom stereocenters. The van der Waals surface area contributed by atoms with Gasteiger partial charge in [-0.25, -0.2) is 9.59 Å². The van der Waals surface area contributed by atoms with Crippen molar-refractivity contribution in [3.05, 3.63) is 76.1 Å². The van der Waals surface area contributed by atoms with Gasteiger partial charge in [0.2, 0.25) is 0 Å². The van der Waals surface area contributed by atoms with Gasteiger partial charge in [-0.1, -0.05) is 30.3 Å². The van der Waals surface area contributed by atoms with Gasteiger partial charge in [-0.3, -0.25) is 4.79 Å². The van der Waals surface area contributed by atoms with Crippen LogP contribution in [0.25, 0.3) is 11.0 Å². The fourth-order valence-electron chi connectivity index (χ4n) is 2.83. The highest BCUT2D eigenvalue weighted by Gasteiger charge is 2.12. The van der Waals surface area contributed by atoms with E-state index in [-0.39, 0.29) is 12.6 Å². The largest absolute Gasteiger partial charge is 0.482 e. The fourth-order valence-corrected chi connectivity index (χ4v) is 2.83. The standard InChI is InChI=1S/C22H21NO6/c1-14-10-21(25)29-19-11-17(8-9-18(14)19)27-13-22(26)28-12-20(24)23-15(2)16-6-4-3-5-7-16/h3-11,15H,12-13H2,1-2H3,(H,23,24)/t15-/m0/s1. The van der Waals surface area contributed by atoms with E-state index in [1.807, 2.05) is 37.3 Å². The van der Waals surface area contributed by atoms with Crippen LogP contribution in [0.2, 0.25) is 0 Å². The van der Waals surface area contributed by atoms with Gasteiger partial charge in [0.1, 0.15) is 11.3 Å². The molecule has 0 fully saturated rings. The van der Waals surface area contributed by atoms with E-state index in [2.05, 4.69) is 5.32 Å². The third kappa shape index (κ3) is 5.44. The van der Waals surface area contributed by atoms with Crippen LogP contribution in [0.5, 0.6) is 5.75 Å². The first-order chi connectivity index (χ1) is 13.9. The van der Waals surface area contributed by atoms with E-state index in [9.17, 15) is 14.4 Å². The number of nitrogens with one attached hydrogen (secondary N) is 1. The van der Waals surface area contributed by atoms with E-state index in [1.165, 1.54) is 12.1 Å². The zero-order valence-corrected chi connectivity index (χ0v) is 16.1. The second-order valence-corrected chi connectivity index (χ2v) is 6.56. The number of rotatable bonds is 7. The Labute approximate surface area is 167 Å². The predicted molar refractivity (Wildman–Crippen MR) is 107 cm³/mol. The number of fused-ring (bicyclic) bond motifs is 1. The van der Waals surface area contributed by atoms with E-state index in [1.54, 1.807) is 19.1 Å². The van der Waals surface area contributed by atoms with Crippen LogP contribution in [0, 0.1) is 6.92 Å². The summed E-state index contributed by atoms with van der Waals surface area (Å²) in [7, 11) is 0. The molecule has 0 aliphatic heterocycles. The fraction of sp³-hybridized carbons (Fsp3) is 0.227. The molecule has 0 saturated carbocycles. The zero-order chi connectivity index (χ0) is 20.8. The lowest BCUT2D eigenvalue weighted by molar-refractivity contribution is -0.150. The molecule has 0 radical (unpaired) electrons. The summed E-state index contributed by atoms with van der Waals surface area (Å²) in [5, 5.41) is 3.54. The van der Waals surface area contributed by atoms with Gasteiger partial charge >= 0.3 is 11.6 Å². The molecule has 150 valence electrons. The lowest BCUT2D eigenvalue weighted by Gasteiger charge is -2.14. The quantitative estimate of drug-likeness (QED) is 0.488. The van der Waals surface area contributed by atoms with Gasteiger partial charge < -0.3 is 19.2 Å². The highest BCUT2D eigenvalue weighted by atomic mass is 16.6. The van der Waals surface area contributed by atoms with Gasteiger partial charge in [0, 0.05) is 17.5 Å². The van der Waals surface area contributed by atoms with Gasteiger partial charge in [-0.2, -0.15) is 0 Å². The molecule has 2 aromatic carbocycles. The molecule has 1 heterocycles. The second kappa shape index (κ2) is 9.05. The lowest BCUT2D eigenvalue weighted by Crippen LogP contribution is -2.31. The maximum Gasteiger partial charge on any atom is 0.344 e. The number of carbonyl (C=O) groups is 2. The van der Waals surface area contributed by atoms with Gasteiger partial charge in [0.05, 0.1) is 6.04 Å². The summed E-state index contributed by atoms with van der Waals surface area (Å²) >= 11 is 0. The Kier molecular flexibility index (Phi) is 6.29. The Morgan fingerprint density at radius 1 is 1.07 bits per heavy atom. The van der Waals surface area contributed by atoms with Crippen LogP contribution in [-0.2, 0) is 14.3 Å². The van der Waals surface area contributed by atoms with Gasteiger partial charge in [0.25, 0.3) is 5.91 Å². The normalized spacial score (nSPS) is 11.7. The maximum absolute atomic E-state index is 11.9. The molecule has 0 unspecified atom stereocenters. The Hall–Kier alpha value is -3.61. The maximum atomic E-state index is 11.9. The van der Waals surface area contributed by atoms with Crippen molar-refractivity contribution >= 4 is 22.8 Å². The van der Waals surface area contributed by atoms with E-state index in [4.69, 9.17) is 13.9 Å². The second-order valence-electron chi connectivity index (χ2n) is 6.56. The van der Waals surface area contributed by atoms with E-state index in [0.29, 0.717) is 11.3 Å². The van der Waals surface area contributed by atoms with E-state index < -0.39 is 24.1 Å². The zero-order valence-electron chi connectivity index (χ0n) is 16.1. The average Bonchev–Trinajstić information content (AvgIpc) is 2.71. The predicted octanol–water partition coefficient (Wildman–Crippen LogP) is 2.90. The van der Waals surface area contributed by atoms with Crippen molar-refractivity contribution in [1.29, 1.82) is 0 Å². The Bertz CT molecular complexity index is 1070. The number of hydrogen-bond donors (Lipinski definition) is 1.